The summed E-state index contributed by atoms with van der Waals surface area (Å²) < 4.78 is 0. The van der Waals surface area contributed by atoms with Gasteiger partial charge >= 0.3 is 12.0 Å². The highest BCUT2D eigenvalue weighted by atomic mass is 16.4. The molecule has 0 aliphatic carbocycles. The van der Waals surface area contributed by atoms with Crippen molar-refractivity contribution in [3.8, 4) is 0 Å². The van der Waals surface area contributed by atoms with Gasteiger partial charge in [-0.25, -0.2) is 4.79 Å². The number of aliphatic hydroxyl groups excluding tert-OH is 1. The van der Waals surface area contributed by atoms with Crippen LogP contribution < -0.4 is 10.6 Å². The van der Waals surface area contributed by atoms with Crippen molar-refractivity contribution in [1.29, 1.82) is 0 Å². The van der Waals surface area contributed by atoms with Crippen LogP contribution in [0, 0.1) is 6.92 Å². The SMILES string of the molecule is Cc1ccc([C@H](O)CNC(=O)NCCCC(=O)O)cc1. The Morgan fingerprint density at radius 2 is 1.85 bits per heavy atom. The topological polar surface area (TPSA) is 98.7 Å². The molecule has 1 aromatic carbocycles. The number of aliphatic carboxylic acids is 1. The minimum atomic E-state index is -0.887. The maximum atomic E-state index is 11.4. The van der Waals surface area contributed by atoms with Gasteiger partial charge in [0.1, 0.15) is 0 Å². The monoisotopic (exact) mass is 280 g/mol. The van der Waals surface area contributed by atoms with E-state index in [1.807, 2.05) is 31.2 Å². The standard InChI is InChI=1S/C14H20N2O4/c1-10-4-6-11(7-5-10)12(17)9-16-14(20)15-8-2-3-13(18)19/h4-7,12,17H,2-3,8-9H2,1H3,(H,18,19)(H2,15,16,20)/t12-/m1/s1. The van der Waals surface area contributed by atoms with Crippen molar-refractivity contribution < 1.29 is 19.8 Å². The van der Waals surface area contributed by atoms with Gasteiger partial charge in [-0.15, -0.1) is 0 Å². The molecule has 0 aliphatic rings. The summed E-state index contributed by atoms with van der Waals surface area (Å²) in [5, 5.41) is 23.4. The summed E-state index contributed by atoms with van der Waals surface area (Å²) in [7, 11) is 0. The van der Waals surface area contributed by atoms with Gasteiger partial charge in [0.15, 0.2) is 0 Å². The lowest BCUT2D eigenvalue weighted by Gasteiger charge is -2.13. The lowest BCUT2D eigenvalue weighted by Crippen LogP contribution is -2.38. The smallest absolute Gasteiger partial charge is 0.314 e. The van der Waals surface area contributed by atoms with Gasteiger partial charge in [0, 0.05) is 19.5 Å². The third-order valence-corrected chi connectivity index (χ3v) is 2.77. The minimum Gasteiger partial charge on any atom is -0.481 e. The maximum absolute atomic E-state index is 11.4. The summed E-state index contributed by atoms with van der Waals surface area (Å²) in [4.78, 5) is 21.7. The highest BCUT2D eigenvalue weighted by Gasteiger charge is 2.09. The molecule has 0 aliphatic heterocycles. The average Bonchev–Trinajstić information content (AvgIpc) is 2.41. The fourth-order valence-corrected chi connectivity index (χ4v) is 1.60. The van der Waals surface area contributed by atoms with E-state index in [0.717, 1.165) is 11.1 Å². The van der Waals surface area contributed by atoms with Gasteiger partial charge in [-0.2, -0.15) is 0 Å². The molecule has 0 heterocycles. The van der Waals surface area contributed by atoms with E-state index < -0.39 is 18.1 Å². The first-order valence-electron chi connectivity index (χ1n) is 6.47. The number of rotatable bonds is 7. The van der Waals surface area contributed by atoms with E-state index in [4.69, 9.17) is 5.11 Å². The number of benzene rings is 1. The minimum absolute atomic E-state index is 0.0201. The van der Waals surface area contributed by atoms with Gasteiger partial charge in [0.05, 0.1) is 6.10 Å². The van der Waals surface area contributed by atoms with Gasteiger partial charge < -0.3 is 20.8 Å². The van der Waals surface area contributed by atoms with Crippen molar-refractivity contribution >= 4 is 12.0 Å². The van der Waals surface area contributed by atoms with Gasteiger partial charge in [-0.1, -0.05) is 29.8 Å². The molecule has 0 aromatic heterocycles. The average molecular weight is 280 g/mol. The number of carboxylic acid groups (broad SMARTS) is 1. The van der Waals surface area contributed by atoms with E-state index in [1.165, 1.54) is 0 Å². The summed E-state index contributed by atoms with van der Waals surface area (Å²) in [5.74, 6) is -0.887. The van der Waals surface area contributed by atoms with Gasteiger partial charge in [-0.3, -0.25) is 4.79 Å². The fraction of sp³-hybridized carbons (Fsp3) is 0.429. The molecule has 0 unspecified atom stereocenters. The number of hydrogen-bond donors (Lipinski definition) is 4. The predicted molar refractivity (Wildman–Crippen MR) is 74.4 cm³/mol. The van der Waals surface area contributed by atoms with Crippen molar-refractivity contribution in [1.82, 2.24) is 10.6 Å². The predicted octanol–water partition coefficient (Wildman–Crippen LogP) is 1.19. The van der Waals surface area contributed by atoms with Crippen molar-refractivity contribution in [3.63, 3.8) is 0 Å². The maximum Gasteiger partial charge on any atom is 0.314 e. The second kappa shape index (κ2) is 8.16. The van der Waals surface area contributed by atoms with Gasteiger partial charge in [0.25, 0.3) is 0 Å². The van der Waals surface area contributed by atoms with Crippen molar-refractivity contribution in [2.24, 2.45) is 0 Å². The molecule has 6 heteroatoms. The summed E-state index contributed by atoms with van der Waals surface area (Å²) in [5.41, 5.74) is 1.84. The van der Waals surface area contributed by atoms with Gasteiger partial charge in [0.2, 0.25) is 0 Å². The summed E-state index contributed by atoms with van der Waals surface area (Å²) in [6, 6.07) is 7.00. The summed E-state index contributed by atoms with van der Waals surface area (Å²) in [6.45, 7) is 2.35. The molecule has 4 N–H and O–H groups in total. The number of aliphatic hydroxyl groups is 1. The zero-order chi connectivity index (χ0) is 15.0. The third-order valence-electron chi connectivity index (χ3n) is 2.77. The first kappa shape index (κ1) is 16.0. The van der Waals surface area contributed by atoms with Crippen LogP contribution in [-0.4, -0.2) is 35.3 Å². The van der Waals surface area contributed by atoms with Crippen LogP contribution in [0.2, 0.25) is 0 Å². The molecular weight excluding hydrogens is 260 g/mol. The molecule has 0 radical (unpaired) electrons. The molecular formula is C14H20N2O4. The van der Waals surface area contributed by atoms with Crippen LogP contribution in [0.5, 0.6) is 0 Å². The first-order valence-corrected chi connectivity index (χ1v) is 6.47. The first-order chi connectivity index (χ1) is 9.49. The van der Waals surface area contributed by atoms with Crippen LogP contribution in [0.25, 0.3) is 0 Å². The number of carbonyl (C=O) groups is 2. The Labute approximate surface area is 117 Å². The molecule has 0 spiro atoms. The Morgan fingerprint density at radius 3 is 2.45 bits per heavy atom. The van der Waals surface area contributed by atoms with Crippen LogP contribution in [0.4, 0.5) is 4.79 Å². The van der Waals surface area contributed by atoms with E-state index >= 15 is 0 Å². The number of nitrogens with one attached hydrogen (secondary N) is 2. The third kappa shape index (κ3) is 6.19. The largest absolute Gasteiger partial charge is 0.481 e. The number of aryl methyl sites for hydroxylation is 1. The second-order valence-corrected chi connectivity index (χ2v) is 4.56. The van der Waals surface area contributed by atoms with E-state index in [9.17, 15) is 14.7 Å². The molecule has 0 saturated heterocycles. The summed E-state index contributed by atoms with van der Waals surface area (Å²) in [6.07, 6.45) is -0.365. The van der Waals surface area contributed by atoms with Crippen LogP contribution in [-0.2, 0) is 4.79 Å². The second-order valence-electron chi connectivity index (χ2n) is 4.56. The Morgan fingerprint density at radius 1 is 1.20 bits per heavy atom. The number of carbonyl (C=O) groups excluding carboxylic acids is 1. The van der Waals surface area contributed by atoms with Crippen molar-refractivity contribution in [2.75, 3.05) is 13.1 Å². The van der Waals surface area contributed by atoms with Crippen LogP contribution in [0.15, 0.2) is 24.3 Å². The molecule has 0 bridgehead atoms. The molecule has 20 heavy (non-hydrogen) atoms. The quantitative estimate of drug-likeness (QED) is 0.564. The number of hydrogen-bond acceptors (Lipinski definition) is 3. The number of amides is 2. The molecule has 1 aromatic rings. The molecule has 110 valence electrons. The van der Waals surface area contributed by atoms with E-state index in [-0.39, 0.29) is 13.0 Å². The molecule has 1 atom stereocenters. The Bertz CT molecular complexity index is 445. The Balaban J connectivity index is 2.23. The molecule has 6 nitrogen and oxygen atoms in total. The van der Waals surface area contributed by atoms with E-state index in [0.29, 0.717) is 13.0 Å². The molecule has 0 saturated carbocycles. The van der Waals surface area contributed by atoms with E-state index in [1.54, 1.807) is 0 Å². The van der Waals surface area contributed by atoms with Crippen LogP contribution >= 0.6 is 0 Å². The number of urea groups is 1. The Hall–Kier alpha value is -2.08. The molecule has 1 rings (SSSR count). The zero-order valence-electron chi connectivity index (χ0n) is 11.4. The highest BCUT2D eigenvalue weighted by Crippen LogP contribution is 2.12. The fourth-order valence-electron chi connectivity index (χ4n) is 1.60. The molecule has 2 amide bonds. The molecule has 0 fully saturated rings. The zero-order valence-corrected chi connectivity index (χ0v) is 11.4. The van der Waals surface area contributed by atoms with Crippen LogP contribution in [0.3, 0.4) is 0 Å². The van der Waals surface area contributed by atoms with Crippen molar-refractivity contribution in [3.05, 3.63) is 35.4 Å². The van der Waals surface area contributed by atoms with Crippen molar-refractivity contribution in [2.45, 2.75) is 25.9 Å². The number of carboxylic acids is 1. The summed E-state index contributed by atoms with van der Waals surface area (Å²) >= 11 is 0. The Kier molecular flexibility index (Phi) is 6.52. The normalized spacial score (nSPS) is 11.7. The lowest BCUT2D eigenvalue weighted by molar-refractivity contribution is -0.137. The van der Waals surface area contributed by atoms with E-state index in [2.05, 4.69) is 10.6 Å². The van der Waals surface area contributed by atoms with Crippen LogP contribution in [0.1, 0.15) is 30.1 Å². The van der Waals surface area contributed by atoms with Gasteiger partial charge in [-0.05, 0) is 18.9 Å². The lowest BCUT2D eigenvalue weighted by atomic mass is 10.1. The highest BCUT2D eigenvalue weighted by molar-refractivity contribution is 5.74.